The maximum absolute atomic E-state index is 4.93. The molecule has 2 aliphatic heterocycles. The smallest absolute Gasteiger partial charge is 0.191 e. The second-order valence-corrected chi connectivity index (χ2v) is 9.28. The van der Waals surface area contributed by atoms with Crippen molar-refractivity contribution < 1.29 is 0 Å². The largest absolute Gasteiger partial charge is 0.357 e. The van der Waals surface area contributed by atoms with E-state index >= 15 is 0 Å². The third-order valence-corrected chi connectivity index (χ3v) is 6.28. The van der Waals surface area contributed by atoms with Gasteiger partial charge in [0.05, 0.1) is 6.54 Å². The van der Waals surface area contributed by atoms with Crippen LogP contribution in [-0.4, -0.2) is 98.2 Å². The zero-order valence-corrected chi connectivity index (χ0v) is 22.0. The Hall–Kier alpha value is -0.120. The van der Waals surface area contributed by atoms with Gasteiger partial charge in [0.15, 0.2) is 5.96 Å². The Balaban J connectivity index is 0.00000420. The number of piperazine rings is 1. The van der Waals surface area contributed by atoms with Crippen LogP contribution in [-0.2, 0) is 0 Å². The molecule has 2 saturated heterocycles. The van der Waals surface area contributed by atoms with E-state index in [0.29, 0.717) is 5.92 Å². The average molecular weight is 523 g/mol. The molecule has 2 heterocycles. The molecule has 2 fully saturated rings. The van der Waals surface area contributed by atoms with Crippen LogP contribution in [0, 0.1) is 5.92 Å². The van der Waals surface area contributed by atoms with Gasteiger partial charge in [-0.2, -0.15) is 0 Å². The number of hydrogen-bond donors (Lipinski definition) is 2. The summed E-state index contributed by atoms with van der Waals surface area (Å²) < 4.78 is 0. The van der Waals surface area contributed by atoms with E-state index in [0.717, 1.165) is 25.6 Å². The SMILES string of the molecule is CCNC(=NCC(C)(C)N1CCCCC1)NCC(C)CN1CCN(CC)CC1.I. The highest BCUT2D eigenvalue weighted by Gasteiger charge is 2.27. The summed E-state index contributed by atoms with van der Waals surface area (Å²) in [5, 5.41) is 7.02. The summed E-state index contributed by atoms with van der Waals surface area (Å²) in [6, 6.07) is 0. The molecular formula is C22H47IN6. The predicted molar refractivity (Wildman–Crippen MR) is 137 cm³/mol. The standard InChI is InChI=1S/C22H46N6.HI/c1-6-23-21(25-19-22(4,5)28-11-9-8-10-12-28)24-17-20(3)18-27-15-13-26(7-2)14-16-27;/h20H,6-19H2,1-5H3,(H2,23,24,25);1H. The first-order valence-corrected chi connectivity index (χ1v) is 11.7. The predicted octanol–water partition coefficient (Wildman–Crippen LogP) is 2.70. The molecule has 0 aromatic heterocycles. The monoisotopic (exact) mass is 522 g/mol. The van der Waals surface area contributed by atoms with Gasteiger partial charge < -0.3 is 20.4 Å². The highest BCUT2D eigenvalue weighted by Crippen LogP contribution is 2.20. The topological polar surface area (TPSA) is 46.1 Å². The molecule has 1 unspecified atom stereocenters. The molecule has 7 heteroatoms. The van der Waals surface area contributed by atoms with Crippen LogP contribution >= 0.6 is 24.0 Å². The highest BCUT2D eigenvalue weighted by molar-refractivity contribution is 14.0. The van der Waals surface area contributed by atoms with Crippen molar-refractivity contribution in [2.75, 3.05) is 72.0 Å². The molecule has 0 aromatic rings. The van der Waals surface area contributed by atoms with Crippen molar-refractivity contribution >= 4 is 29.9 Å². The van der Waals surface area contributed by atoms with Crippen LogP contribution in [0.4, 0.5) is 0 Å². The Morgan fingerprint density at radius 1 is 0.931 bits per heavy atom. The van der Waals surface area contributed by atoms with Crippen LogP contribution in [0.25, 0.3) is 0 Å². The number of nitrogens with one attached hydrogen (secondary N) is 2. The summed E-state index contributed by atoms with van der Waals surface area (Å²) in [5.41, 5.74) is 0.132. The van der Waals surface area contributed by atoms with Gasteiger partial charge in [-0.25, -0.2) is 0 Å². The van der Waals surface area contributed by atoms with Gasteiger partial charge in [-0.05, 0) is 59.2 Å². The van der Waals surface area contributed by atoms with E-state index in [9.17, 15) is 0 Å². The van der Waals surface area contributed by atoms with Crippen molar-refractivity contribution in [3.8, 4) is 0 Å². The number of rotatable bonds is 9. The lowest BCUT2D eigenvalue weighted by Crippen LogP contribution is -2.50. The summed E-state index contributed by atoms with van der Waals surface area (Å²) in [4.78, 5) is 12.7. The molecule has 0 saturated carbocycles. The van der Waals surface area contributed by atoms with Gasteiger partial charge in [0.2, 0.25) is 0 Å². The van der Waals surface area contributed by atoms with Gasteiger partial charge in [-0.3, -0.25) is 9.89 Å². The van der Waals surface area contributed by atoms with E-state index < -0.39 is 0 Å². The minimum absolute atomic E-state index is 0. The molecule has 0 amide bonds. The lowest BCUT2D eigenvalue weighted by Gasteiger charge is -2.40. The zero-order valence-electron chi connectivity index (χ0n) is 19.7. The second kappa shape index (κ2) is 14.0. The normalized spacial score (nSPS) is 21.5. The fourth-order valence-corrected chi connectivity index (χ4v) is 4.28. The van der Waals surface area contributed by atoms with Gasteiger partial charge in [0.25, 0.3) is 0 Å². The summed E-state index contributed by atoms with van der Waals surface area (Å²) in [6.07, 6.45) is 4.04. The molecule has 6 nitrogen and oxygen atoms in total. The third kappa shape index (κ3) is 9.70. The van der Waals surface area contributed by atoms with Crippen molar-refractivity contribution in [3.63, 3.8) is 0 Å². The average Bonchev–Trinajstić information content (AvgIpc) is 2.71. The van der Waals surface area contributed by atoms with Crippen LogP contribution in [0.15, 0.2) is 4.99 Å². The van der Waals surface area contributed by atoms with Crippen molar-refractivity contribution in [2.45, 2.75) is 59.4 Å². The number of aliphatic imine (C=N–C) groups is 1. The minimum atomic E-state index is 0. The molecule has 1 atom stereocenters. The molecule has 29 heavy (non-hydrogen) atoms. The maximum Gasteiger partial charge on any atom is 0.191 e. The van der Waals surface area contributed by atoms with Gasteiger partial charge in [-0.15, -0.1) is 24.0 Å². The molecule has 0 bridgehead atoms. The molecular weight excluding hydrogens is 475 g/mol. The number of piperidine rings is 1. The van der Waals surface area contributed by atoms with E-state index in [1.54, 1.807) is 0 Å². The molecule has 2 N–H and O–H groups in total. The Morgan fingerprint density at radius 2 is 1.55 bits per heavy atom. The molecule has 2 aliphatic rings. The highest BCUT2D eigenvalue weighted by atomic mass is 127. The van der Waals surface area contributed by atoms with Crippen LogP contribution in [0.2, 0.25) is 0 Å². The quantitative estimate of drug-likeness (QED) is 0.277. The molecule has 0 spiro atoms. The number of halogens is 1. The van der Waals surface area contributed by atoms with E-state index in [4.69, 9.17) is 4.99 Å². The number of likely N-dealkylation sites (tertiary alicyclic amines) is 1. The van der Waals surface area contributed by atoms with Crippen LogP contribution in [0.1, 0.15) is 53.9 Å². The number of guanidine groups is 1. The van der Waals surface area contributed by atoms with Crippen LogP contribution in [0.5, 0.6) is 0 Å². The van der Waals surface area contributed by atoms with Crippen molar-refractivity contribution in [1.82, 2.24) is 25.3 Å². The molecule has 172 valence electrons. The van der Waals surface area contributed by atoms with Crippen LogP contribution in [0.3, 0.4) is 0 Å². The first-order chi connectivity index (χ1) is 13.4. The van der Waals surface area contributed by atoms with E-state index in [2.05, 4.69) is 60.0 Å². The van der Waals surface area contributed by atoms with Crippen molar-refractivity contribution in [2.24, 2.45) is 10.9 Å². The van der Waals surface area contributed by atoms with Gasteiger partial charge in [0.1, 0.15) is 0 Å². The van der Waals surface area contributed by atoms with Gasteiger partial charge >= 0.3 is 0 Å². The van der Waals surface area contributed by atoms with E-state index in [-0.39, 0.29) is 29.5 Å². The Labute approximate surface area is 197 Å². The third-order valence-electron chi connectivity index (χ3n) is 6.28. The first-order valence-electron chi connectivity index (χ1n) is 11.7. The first kappa shape index (κ1) is 26.9. The number of likely N-dealkylation sites (N-methyl/N-ethyl adjacent to an activating group) is 1. The van der Waals surface area contributed by atoms with Crippen molar-refractivity contribution in [3.05, 3.63) is 0 Å². The fourth-order valence-electron chi connectivity index (χ4n) is 4.28. The van der Waals surface area contributed by atoms with Crippen molar-refractivity contribution in [1.29, 1.82) is 0 Å². The molecule has 0 radical (unpaired) electrons. The minimum Gasteiger partial charge on any atom is -0.357 e. The summed E-state index contributed by atoms with van der Waals surface area (Å²) >= 11 is 0. The lowest BCUT2D eigenvalue weighted by molar-refractivity contribution is 0.102. The Bertz CT molecular complexity index is 456. The van der Waals surface area contributed by atoms with Gasteiger partial charge in [-0.1, -0.05) is 20.3 Å². The fraction of sp³-hybridized carbons (Fsp3) is 0.955. The summed E-state index contributed by atoms with van der Waals surface area (Å²) in [6.45, 7) is 23.8. The molecule has 0 aliphatic carbocycles. The zero-order chi connectivity index (χ0) is 20.4. The Morgan fingerprint density at radius 3 is 2.14 bits per heavy atom. The summed E-state index contributed by atoms with van der Waals surface area (Å²) in [5.74, 6) is 1.59. The Kier molecular flexibility index (Phi) is 13.0. The second-order valence-electron chi connectivity index (χ2n) is 9.28. The van der Waals surface area contributed by atoms with Crippen LogP contribution < -0.4 is 10.6 Å². The summed E-state index contributed by atoms with van der Waals surface area (Å²) in [7, 11) is 0. The lowest BCUT2D eigenvalue weighted by atomic mass is 9.99. The van der Waals surface area contributed by atoms with Gasteiger partial charge in [0, 0.05) is 51.4 Å². The number of hydrogen-bond acceptors (Lipinski definition) is 4. The maximum atomic E-state index is 4.93. The molecule has 2 rings (SSSR count). The van der Waals surface area contributed by atoms with E-state index in [1.165, 1.54) is 71.6 Å². The molecule has 0 aromatic carbocycles. The number of nitrogens with zero attached hydrogens (tertiary/aromatic N) is 4. The van der Waals surface area contributed by atoms with E-state index in [1.807, 2.05) is 0 Å².